The summed E-state index contributed by atoms with van der Waals surface area (Å²) in [6.45, 7) is 4.42. The SMILES string of the molecule is CC1(C)CCC(Nc2cc(C(F)(F)F)cc(NN)n2)CC1. The van der Waals surface area contributed by atoms with Crippen LogP contribution in [0.1, 0.15) is 45.1 Å². The maximum Gasteiger partial charge on any atom is 0.416 e. The number of rotatable bonds is 3. The lowest BCUT2D eigenvalue weighted by Crippen LogP contribution is -2.30. The van der Waals surface area contributed by atoms with E-state index in [1.165, 1.54) is 0 Å². The van der Waals surface area contributed by atoms with Crippen LogP contribution in [0.25, 0.3) is 0 Å². The third-order valence-electron chi connectivity index (χ3n) is 3.99. The minimum Gasteiger partial charge on any atom is -0.367 e. The van der Waals surface area contributed by atoms with Crippen LogP contribution in [0.15, 0.2) is 12.1 Å². The zero-order valence-electron chi connectivity index (χ0n) is 12.2. The number of nitrogens with zero attached hydrogens (tertiary/aromatic N) is 1. The fourth-order valence-electron chi connectivity index (χ4n) is 2.59. The quantitative estimate of drug-likeness (QED) is 0.587. The molecule has 0 atom stereocenters. The van der Waals surface area contributed by atoms with Crippen molar-refractivity contribution in [1.29, 1.82) is 0 Å². The second-order valence-electron chi connectivity index (χ2n) is 6.35. The van der Waals surface area contributed by atoms with Crippen LogP contribution >= 0.6 is 0 Å². The van der Waals surface area contributed by atoms with Crippen LogP contribution < -0.4 is 16.6 Å². The molecule has 4 nitrogen and oxygen atoms in total. The molecule has 1 heterocycles. The Morgan fingerprint density at radius 3 is 2.29 bits per heavy atom. The van der Waals surface area contributed by atoms with Gasteiger partial charge in [0.05, 0.1) is 5.56 Å². The Bertz CT molecular complexity index is 489. The molecule has 21 heavy (non-hydrogen) atoms. The average Bonchev–Trinajstić information content (AvgIpc) is 2.40. The fraction of sp³-hybridized carbons (Fsp3) is 0.643. The fourth-order valence-corrected chi connectivity index (χ4v) is 2.59. The van der Waals surface area contributed by atoms with E-state index >= 15 is 0 Å². The average molecular weight is 302 g/mol. The van der Waals surface area contributed by atoms with Gasteiger partial charge in [-0.1, -0.05) is 13.8 Å². The Hall–Kier alpha value is -1.50. The highest BCUT2D eigenvalue weighted by Crippen LogP contribution is 2.37. The first kappa shape index (κ1) is 15.9. The predicted octanol–water partition coefficient (Wildman–Crippen LogP) is 3.77. The minimum absolute atomic E-state index is 0.00321. The van der Waals surface area contributed by atoms with Gasteiger partial charge in [0.25, 0.3) is 0 Å². The van der Waals surface area contributed by atoms with Gasteiger partial charge in [-0.2, -0.15) is 13.2 Å². The van der Waals surface area contributed by atoms with Crippen molar-refractivity contribution < 1.29 is 13.2 Å². The van der Waals surface area contributed by atoms with Crippen molar-refractivity contribution in [3.63, 3.8) is 0 Å². The number of hydrogen-bond acceptors (Lipinski definition) is 4. The van der Waals surface area contributed by atoms with Gasteiger partial charge in [-0.15, -0.1) is 0 Å². The molecule has 7 heteroatoms. The first-order valence-corrected chi connectivity index (χ1v) is 7.02. The van der Waals surface area contributed by atoms with Crippen LogP contribution in [-0.4, -0.2) is 11.0 Å². The van der Waals surface area contributed by atoms with Crippen molar-refractivity contribution in [2.24, 2.45) is 11.3 Å². The van der Waals surface area contributed by atoms with Crippen molar-refractivity contribution >= 4 is 11.6 Å². The van der Waals surface area contributed by atoms with Crippen LogP contribution in [0.2, 0.25) is 0 Å². The zero-order chi connectivity index (χ0) is 15.7. The van der Waals surface area contributed by atoms with Crippen LogP contribution in [0.5, 0.6) is 0 Å². The van der Waals surface area contributed by atoms with Gasteiger partial charge in [0, 0.05) is 6.04 Å². The molecule has 1 aliphatic carbocycles. The van der Waals surface area contributed by atoms with Gasteiger partial charge >= 0.3 is 6.18 Å². The van der Waals surface area contributed by atoms with Crippen LogP contribution in [0.3, 0.4) is 0 Å². The Morgan fingerprint density at radius 1 is 1.19 bits per heavy atom. The number of halogens is 3. The van der Waals surface area contributed by atoms with Crippen molar-refractivity contribution in [3.05, 3.63) is 17.7 Å². The molecule has 0 aromatic carbocycles. The summed E-state index contributed by atoms with van der Waals surface area (Å²) in [5, 5.41) is 3.10. The number of nitrogens with one attached hydrogen (secondary N) is 2. The Morgan fingerprint density at radius 2 is 1.76 bits per heavy atom. The Labute approximate surface area is 122 Å². The summed E-state index contributed by atoms with van der Waals surface area (Å²) >= 11 is 0. The second kappa shape index (κ2) is 5.71. The van der Waals surface area contributed by atoms with E-state index in [1.54, 1.807) is 0 Å². The molecule has 4 N–H and O–H groups in total. The van der Waals surface area contributed by atoms with Gasteiger partial charge in [-0.3, -0.25) is 0 Å². The molecular formula is C14H21F3N4. The molecule has 1 aromatic heterocycles. The van der Waals surface area contributed by atoms with Gasteiger partial charge in [0.2, 0.25) is 0 Å². The zero-order valence-corrected chi connectivity index (χ0v) is 12.2. The van der Waals surface area contributed by atoms with Crippen LogP contribution in [-0.2, 0) is 6.18 Å². The van der Waals surface area contributed by atoms with Gasteiger partial charge in [-0.25, -0.2) is 10.8 Å². The summed E-state index contributed by atoms with van der Waals surface area (Å²) in [6, 6.07) is 2.08. The van der Waals surface area contributed by atoms with Gasteiger partial charge in [-0.05, 0) is 43.2 Å². The smallest absolute Gasteiger partial charge is 0.367 e. The highest BCUT2D eigenvalue weighted by atomic mass is 19.4. The van der Waals surface area contributed by atoms with E-state index in [9.17, 15) is 13.2 Å². The first-order chi connectivity index (χ1) is 9.69. The molecule has 1 aromatic rings. The van der Waals surface area contributed by atoms with Crippen molar-refractivity contribution in [2.45, 2.75) is 51.7 Å². The van der Waals surface area contributed by atoms with E-state index in [2.05, 4.69) is 29.6 Å². The summed E-state index contributed by atoms with van der Waals surface area (Å²) in [5.74, 6) is 5.41. The topological polar surface area (TPSA) is 63.0 Å². The number of anilines is 2. The Kier molecular flexibility index (Phi) is 4.32. The molecule has 1 aliphatic rings. The number of alkyl halides is 3. The van der Waals surface area contributed by atoms with Gasteiger partial charge in [0.1, 0.15) is 11.6 Å². The number of nitrogens with two attached hydrogens (primary N) is 1. The highest BCUT2D eigenvalue weighted by molar-refractivity contribution is 5.49. The monoisotopic (exact) mass is 302 g/mol. The third-order valence-corrected chi connectivity index (χ3v) is 3.99. The first-order valence-electron chi connectivity index (χ1n) is 7.02. The third kappa shape index (κ3) is 4.23. The van der Waals surface area contributed by atoms with Gasteiger partial charge < -0.3 is 10.7 Å². The van der Waals surface area contributed by atoms with E-state index in [0.29, 0.717) is 5.41 Å². The summed E-state index contributed by atoms with van der Waals surface area (Å²) in [5.41, 5.74) is 1.73. The second-order valence-corrected chi connectivity index (χ2v) is 6.35. The van der Waals surface area contributed by atoms with E-state index in [1.807, 2.05) is 0 Å². The van der Waals surface area contributed by atoms with Crippen molar-refractivity contribution in [1.82, 2.24) is 4.98 Å². The molecule has 0 spiro atoms. The standard InChI is InChI=1S/C14H21F3N4/c1-13(2)5-3-10(4-6-13)19-11-7-9(14(15,16)17)8-12(20-11)21-18/h7-8,10H,3-6,18H2,1-2H3,(H2,19,20,21). The minimum atomic E-state index is -4.42. The number of hydrazine groups is 1. The highest BCUT2D eigenvalue weighted by Gasteiger charge is 2.32. The maximum absolute atomic E-state index is 12.8. The molecule has 118 valence electrons. The molecule has 2 rings (SSSR count). The lowest BCUT2D eigenvalue weighted by Gasteiger charge is -2.34. The summed E-state index contributed by atoms with van der Waals surface area (Å²) in [7, 11) is 0. The number of hydrogen-bond donors (Lipinski definition) is 3. The van der Waals surface area contributed by atoms with Crippen LogP contribution in [0.4, 0.5) is 24.8 Å². The van der Waals surface area contributed by atoms with E-state index in [0.717, 1.165) is 37.8 Å². The van der Waals surface area contributed by atoms with Gasteiger partial charge in [0.15, 0.2) is 0 Å². The number of nitrogen functional groups attached to an aromatic ring is 1. The van der Waals surface area contributed by atoms with E-state index in [4.69, 9.17) is 5.84 Å². The lowest BCUT2D eigenvalue weighted by molar-refractivity contribution is -0.137. The normalized spacial score (nSPS) is 19.3. The predicted molar refractivity (Wildman–Crippen MR) is 76.7 cm³/mol. The summed E-state index contributed by atoms with van der Waals surface area (Å²) in [4.78, 5) is 4.05. The molecule has 0 radical (unpaired) electrons. The Balaban J connectivity index is 2.13. The molecular weight excluding hydrogens is 281 g/mol. The number of pyridine rings is 1. The molecule has 0 bridgehead atoms. The van der Waals surface area contributed by atoms with Crippen LogP contribution in [0, 0.1) is 5.41 Å². The summed E-state index contributed by atoms with van der Waals surface area (Å²) < 4.78 is 38.5. The molecule has 0 aliphatic heterocycles. The molecule has 0 saturated heterocycles. The molecule has 1 saturated carbocycles. The molecule has 0 amide bonds. The van der Waals surface area contributed by atoms with E-state index < -0.39 is 11.7 Å². The van der Waals surface area contributed by atoms with Crippen molar-refractivity contribution in [2.75, 3.05) is 10.7 Å². The maximum atomic E-state index is 12.8. The summed E-state index contributed by atoms with van der Waals surface area (Å²) in [6.07, 6.45) is -0.469. The van der Waals surface area contributed by atoms with E-state index in [-0.39, 0.29) is 17.7 Å². The van der Waals surface area contributed by atoms with Crippen molar-refractivity contribution in [3.8, 4) is 0 Å². The lowest BCUT2D eigenvalue weighted by atomic mass is 9.75. The largest absolute Gasteiger partial charge is 0.416 e. The molecule has 0 unspecified atom stereocenters. The molecule has 1 fully saturated rings. The number of aromatic nitrogens is 1.